The molecule has 0 aliphatic heterocycles. The zero-order valence-electron chi connectivity index (χ0n) is 16.2. The molecule has 2 amide bonds. The molecule has 0 aliphatic rings. The van der Waals surface area contributed by atoms with E-state index in [9.17, 15) is 9.59 Å². The van der Waals surface area contributed by atoms with Gasteiger partial charge in [-0.15, -0.1) is 0 Å². The predicted molar refractivity (Wildman–Crippen MR) is 112 cm³/mol. The van der Waals surface area contributed by atoms with Gasteiger partial charge in [0.2, 0.25) is 11.8 Å². The van der Waals surface area contributed by atoms with Gasteiger partial charge in [0.15, 0.2) is 0 Å². The number of hydrogen-bond donors (Lipinski definition) is 1. The molecule has 0 radical (unpaired) electrons. The molecule has 0 bridgehead atoms. The number of carbonyl (C=O) groups is 2. The summed E-state index contributed by atoms with van der Waals surface area (Å²) in [4.78, 5) is 27.6. The number of benzene rings is 2. The Morgan fingerprint density at radius 3 is 2.38 bits per heavy atom. The lowest BCUT2D eigenvalue weighted by Crippen LogP contribution is -2.43. The standard InChI is InChI=1S/C23H23ClN2O3/c1-2-21(27)26(16-17-10-12-19(24)13-11-17)22(18-7-4-3-5-8-18)23(28)25-15-20-9-6-14-29-20/h3-14,22H,2,15-16H2,1H3,(H,25,28). The van der Waals surface area contributed by atoms with Crippen LogP contribution in [0.2, 0.25) is 5.02 Å². The Hall–Kier alpha value is -3.05. The van der Waals surface area contributed by atoms with Gasteiger partial charge in [0.25, 0.3) is 0 Å². The number of furan rings is 1. The maximum atomic E-state index is 13.2. The van der Waals surface area contributed by atoms with Crippen molar-refractivity contribution in [3.05, 3.63) is 94.9 Å². The lowest BCUT2D eigenvalue weighted by atomic mass is 10.0. The third-order valence-electron chi connectivity index (χ3n) is 4.58. The van der Waals surface area contributed by atoms with Crippen LogP contribution >= 0.6 is 11.6 Å². The van der Waals surface area contributed by atoms with Crippen LogP contribution in [0.3, 0.4) is 0 Å². The summed E-state index contributed by atoms with van der Waals surface area (Å²) < 4.78 is 5.30. The van der Waals surface area contributed by atoms with Crippen molar-refractivity contribution in [3.63, 3.8) is 0 Å². The van der Waals surface area contributed by atoms with Crippen molar-refractivity contribution >= 4 is 23.4 Å². The third-order valence-corrected chi connectivity index (χ3v) is 4.83. The Morgan fingerprint density at radius 2 is 1.76 bits per heavy atom. The van der Waals surface area contributed by atoms with Gasteiger partial charge in [-0.05, 0) is 35.4 Å². The molecule has 0 aliphatic carbocycles. The number of nitrogens with zero attached hydrogens (tertiary/aromatic N) is 1. The van der Waals surface area contributed by atoms with E-state index < -0.39 is 6.04 Å². The van der Waals surface area contributed by atoms with Crippen LogP contribution in [-0.2, 0) is 22.7 Å². The van der Waals surface area contributed by atoms with Crippen LogP contribution in [0.5, 0.6) is 0 Å². The molecule has 150 valence electrons. The van der Waals surface area contributed by atoms with Gasteiger partial charge in [0, 0.05) is 18.0 Å². The normalized spacial score (nSPS) is 11.7. The number of nitrogens with one attached hydrogen (secondary N) is 1. The molecule has 6 heteroatoms. The van der Waals surface area contributed by atoms with Gasteiger partial charge in [0.1, 0.15) is 11.8 Å². The van der Waals surface area contributed by atoms with Gasteiger partial charge < -0.3 is 14.6 Å². The largest absolute Gasteiger partial charge is 0.467 e. The third kappa shape index (κ3) is 5.48. The Balaban J connectivity index is 1.90. The van der Waals surface area contributed by atoms with Crippen molar-refractivity contribution in [3.8, 4) is 0 Å². The molecule has 29 heavy (non-hydrogen) atoms. The Morgan fingerprint density at radius 1 is 1.03 bits per heavy atom. The Kier molecular flexibility index (Phi) is 7.09. The lowest BCUT2D eigenvalue weighted by molar-refractivity contribution is -0.141. The second-order valence-electron chi connectivity index (χ2n) is 6.61. The van der Waals surface area contributed by atoms with Gasteiger partial charge in [-0.2, -0.15) is 0 Å². The van der Waals surface area contributed by atoms with Crippen LogP contribution in [0, 0.1) is 0 Å². The lowest BCUT2D eigenvalue weighted by Gasteiger charge is -2.31. The van der Waals surface area contributed by atoms with Crippen molar-refractivity contribution < 1.29 is 14.0 Å². The summed E-state index contributed by atoms with van der Waals surface area (Å²) in [5.41, 5.74) is 1.65. The first kappa shape index (κ1) is 20.7. The second-order valence-corrected chi connectivity index (χ2v) is 7.05. The average Bonchev–Trinajstić information content (AvgIpc) is 3.27. The highest BCUT2D eigenvalue weighted by molar-refractivity contribution is 6.30. The zero-order chi connectivity index (χ0) is 20.6. The summed E-state index contributed by atoms with van der Waals surface area (Å²) in [5.74, 6) is 0.279. The van der Waals surface area contributed by atoms with E-state index >= 15 is 0 Å². The van der Waals surface area contributed by atoms with Crippen molar-refractivity contribution in [1.29, 1.82) is 0 Å². The van der Waals surface area contributed by atoms with E-state index in [0.29, 0.717) is 23.7 Å². The van der Waals surface area contributed by atoms with Crippen LogP contribution < -0.4 is 5.32 Å². The van der Waals surface area contributed by atoms with E-state index in [-0.39, 0.29) is 18.4 Å². The molecule has 0 saturated heterocycles. The molecule has 2 aromatic carbocycles. The average molecular weight is 411 g/mol. The second kappa shape index (κ2) is 9.94. The highest BCUT2D eigenvalue weighted by Crippen LogP contribution is 2.25. The van der Waals surface area contributed by atoms with E-state index in [1.807, 2.05) is 42.5 Å². The molecule has 3 aromatic rings. The minimum atomic E-state index is -0.755. The maximum Gasteiger partial charge on any atom is 0.247 e. The molecule has 0 saturated carbocycles. The van der Waals surface area contributed by atoms with Crippen LogP contribution in [0.1, 0.15) is 36.3 Å². The van der Waals surface area contributed by atoms with E-state index in [0.717, 1.165) is 11.1 Å². The van der Waals surface area contributed by atoms with Gasteiger partial charge in [-0.25, -0.2) is 0 Å². The van der Waals surface area contributed by atoms with Crippen LogP contribution in [0.25, 0.3) is 0 Å². The van der Waals surface area contributed by atoms with Crippen molar-refractivity contribution in [2.24, 2.45) is 0 Å². The summed E-state index contributed by atoms with van der Waals surface area (Å²) in [7, 11) is 0. The SMILES string of the molecule is CCC(=O)N(Cc1ccc(Cl)cc1)C(C(=O)NCc1ccco1)c1ccccc1. The molecule has 1 unspecified atom stereocenters. The van der Waals surface area contributed by atoms with Crippen LogP contribution in [0.4, 0.5) is 0 Å². The number of amides is 2. The molecule has 1 heterocycles. The molecule has 0 spiro atoms. The summed E-state index contributed by atoms with van der Waals surface area (Å²) in [6, 6.07) is 19.4. The quantitative estimate of drug-likeness (QED) is 0.584. The summed E-state index contributed by atoms with van der Waals surface area (Å²) in [6.07, 6.45) is 1.85. The fourth-order valence-corrected chi connectivity index (χ4v) is 3.23. The Bertz CT molecular complexity index is 925. The smallest absolute Gasteiger partial charge is 0.247 e. The highest BCUT2D eigenvalue weighted by Gasteiger charge is 2.30. The zero-order valence-corrected chi connectivity index (χ0v) is 16.9. The van der Waals surface area contributed by atoms with E-state index in [1.54, 1.807) is 42.4 Å². The molecule has 3 rings (SSSR count). The molecular formula is C23H23ClN2O3. The van der Waals surface area contributed by atoms with Crippen molar-refractivity contribution in [2.75, 3.05) is 0 Å². The molecule has 0 fully saturated rings. The first-order valence-electron chi connectivity index (χ1n) is 9.47. The maximum absolute atomic E-state index is 13.2. The molecule has 5 nitrogen and oxygen atoms in total. The number of rotatable bonds is 8. The molecule has 1 aromatic heterocycles. The van der Waals surface area contributed by atoms with Gasteiger partial charge in [-0.3, -0.25) is 9.59 Å². The summed E-state index contributed by atoms with van der Waals surface area (Å²) >= 11 is 5.98. The first-order valence-corrected chi connectivity index (χ1v) is 9.85. The minimum absolute atomic E-state index is 0.109. The van der Waals surface area contributed by atoms with Gasteiger partial charge in [-0.1, -0.05) is 61.0 Å². The van der Waals surface area contributed by atoms with Crippen molar-refractivity contribution in [2.45, 2.75) is 32.5 Å². The topological polar surface area (TPSA) is 62.6 Å². The fourth-order valence-electron chi connectivity index (χ4n) is 3.11. The predicted octanol–water partition coefficient (Wildman–Crippen LogP) is 4.73. The van der Waals surface area contributed by atoms with E-state index in [1.165, 1.54) is 0 Å². The van der Waals surface area contributed by atoms with Gasteiger partial charge in [0.05, 0.1) is 12.8 Å². The summed E-state index contributed by atoms with van der Waals surface area (Å²) in [6.45, 7) is 2.35. The Labute approximate surface area is 175 Å². The van der Waals surface area contributed by atoms with Crippen LogP contribution in [-0.4, -0.2) is 16.7 Å². The number of hydrogen-bond acceptors (Lipinski definition) is 3. The van der Waals surface area contributed by atoms with Gasteiger partial charge >= 0.3 is 0 Å². The number of halogens is 1. The summed E-state index contributed by atoms with van der Waals surface area (Å²) in [5, 5.41) is 3.51. The van der Waals surface area contributed by atoms with Crippen molar-refractivity contribution in [1.82, 2.24) is 10.2 Å². The van der Waals surface area contributed by atoms with E-state index in [2.05, 4.69) is 5.32 Å². The first-order chi connectivity index (χ1) is 14.1. The molecule has 1 atom stereocenters. The fraction of sp³-hybridized carbons (Fsp3) is 0.217. The molecule has 1 N–H and O–H groups in total. The minimum Gasteiger partial charge on any atom is -0.467 e. The van der Waals surface area contributed by atoms with Crippen LogP contribution in [0.15, 0.2) is 77.4 Å². The monoisotopic (exact) mass is 410 g/mol. The van der Waals surface area contributed by atoms with E-state index in [4.69, 9.17) is 16.0 Å². The number of carbonyl (C=O) groups excluding carboxylic acids is 2. The molecular weight excluding hydrogens is 388 g/mol. The highest BCUT2D eigenvalue weighted by atomic mass is 35.5.